The lowest BCUT2D eigenvalue weighted by atomic mass is 9.99. The fourth-order valence-corrected chi connectivity index (χ4v) is 4.35. The zero-order valence-corrected chi connectivity index (χ0v) is 23.0. The zero-order valence-electron chi connectivity index (χ0n) is 23.0. The molecule has 0 atom stereocenters. The predicted molar refractivity (Wildman–Crippen MR) is 151 cm³/mol. The number of carbonyl (C=O) groups excluding carboxylic acids is 2. The first-order valence-corrected chi connectivity index (χ1v) is 12.8. The van der Waals surface area contributed by atoms with E-state index in [0.29, 0.717) is 33.9 Å². The molecule has 0 amide bonds. The predicted octanol–water partition coefficient (Wildman–Crippen LogP) is 3.78. The number of hydrogen-bond donors (Lipinski definition) is 4. The molecular formula is C32H30O10. The first-order chi connectivity index (χ1) is 20.3. The Bertz CT molecular complexity index is 1440. The third kappa shape index (κ3) is 6.59. The van der Waals surface area contributed by atoms with Crippen LogP contribution in [-0.2, 0) is 26.4 Å². The second kappa shape index (κ2) is 13.7. The van der Waals surface area contributed by atoms with Gasteiger partial charge in [-0.1, -0.05) is 24.3 Å². The van der Waals surface area contributed by atoms with E-state index >= 15 is 0 Å². The summed E-state index contributed by atoms with van der Waals surface area (Å²) in [4.78, 5) is 25.7. The smallest absolute Gasteiger partial charge is 0.344 e. The average molecular weight is 575 g/mol. The first-order valence-electron chi connectivity index (χ1n) is 12.8. The minimum atomic E-state index is -0.712. The molecule has 0 saturated heterocycles. The molecule has 0 saturated carbocycles. The van der Waals surface area contributed by atoms with Crippen LogP contribution in [0.4, 0.5) is 0 Å². The lowest BCUT2D eigenvalue weighted by Gasteiger charge is -2.13. The molecule has 0 aromatic heterocycles. The number of esters is 2. The van der Waals surface area contributed by atoms with Crippen LogP contribution < -0.4 is 18.9 Å². The standard InChI is InChI=1S/C32H30O10/c1-39-29-13-24(18-36)28(14-30(29)40-2)32(38)42-26-9-5-20(6-10-26)19-3-7-25(8-4-19)41-31(37)27-12-22(16-34)21(15-33)11-23(27)17-35/h3-14,33-36H,15-18H2,1-2H3. The van der Waals surface area contributed by atoms with E-state index in [0.717, 1.165) is 11.1 Å². The molecule has 0 fully saturated rings. The van der Waals surface area contributed by atoms with Gasteiger partial charge in [0.25, 0.3) is 0 Å². The Morgan fingerprint density at radius 3 is 1.33 bits per heavy atom. The van der Waals surface area contributed by atoms with E-state index in [-0.39, 0.29) is 35.7 Å². The number of methoxy groups -OCH3 is 2. The number of aliphatic hydroxyl groups excluding tert-OH is 4. The minimum Gasteiger partial charge on any atom is -0.493 e. The molecule has 218 valence electrons. The van der Waals surface area contributed by atoms with Gasteiger partial charge < -0.3 is 39.4 Å². The molecule has 0 aliphatic heterocycles. The third-order valence-corrected chi connectivity index (χ3v) is 6.62. The monoisotopic (exact) mass is 574 g/mol. The minimum absolute atomic E-state index is 0.0900. The second-order valence-corrected chi connectivity index (χ2v) is 9.10. The molecule has 4 aromatic rings. The van der Waals surface area contributed by atoms with Crippen LogP contribution in [0, 0.1) is 0 Å². The van der Waals surface area contributed by atoms with Crippen LogP contribution >= 0.6 is 0 Å². The molecule has 0 unspecified atom stereocenters. The van der Waals surface area contributed by atoms with E-state index in [4.69, 9.17) is 18.9 Å². The van der Waals surface area contributed by atoms with Gasteiger partial charge in [-0.2, -0.15) is 0 Å². The van der Waals surface area contributed by atoms with Crippen molar-refractivity contribution < 1.29 is 49.0 Å². The summed E-state index contributed by atoms with van der Waals surface area (Å²) < 4.78 is 21.5. The summed E-state index contributed by atoms with van der Waals surface area (Å²) in [5.41, 5.74) is 3.24. The molecule has 4 aromatic carbocycles. The fraction of sp³-hybridized carbons (Fsp3) is 0.188. The van der Waals surface area contributed by atoms with Crippen LogP contribution in [0.2, 0.25) is 0 Å². The van der Waals surface area contributed by atoms with Gasteiger partial charge in [0.2, 0.25) is 0 Å². The van der Waals surface area contributed by atoms with Gasteiger partial charge in [-0.05, 0) is 81.9 Å². The summed E-state index contributed by atoms with van der Waals surface area (Å²) in [6.07, 6.45) is 0. The summed E-state index contributed by atoms with van der Waals surface area (Å²) >= 11 is 0. The number of ether oxygens (including phenoxy) is 4. The van der Waals surface area contributed by atoms with Gasteiger partial charge in [-0.15, -0.1) is 0 Å². The molecule has 0 heterocycles. The Hall–Kier alpha value is -4.74. The lowest BCUT2D eigenvalue weighted by molar-refractivity contribution is 0.0721. The number of rotatable bonds is 11. The van der Waals surface area contributed by atoms with Gasteiger partial charge in [0, 0.05) is 0 Å². The Morgan fingerprint density at radius 1 is 0.524 bits per heavy atom. The van der Waals surface area contributed by atoms with Crippen molar-refractivity contribution in [2.45, 2.75) is 26.4 Å². The van der Waals surface area contributed by atoms with Crippen molar-refractivity contribution in [1.82, 2.24) is 0 Å². The fourth-order valence-electron chi connectivity index (χ4n) is 4.35. The summed E-state index contributed by atoms with van der Waals surface area (Å²) in [6, 6.07) is 19.4. The lowest BCUT2D eigenvalue weighted by Crippen LogP contribution is -2.13. The SMILES string of the molecule is COc1cc(CO)c(C(=O)Oc2ccc(-c3ccc(OC(=O)c4cc(CO)c(CO)cc4CO)cc3)cc2)cc1OC. The van der Waals surface area contributed by atoms with Gasteiger partial charge >= 0.3 is 11.9 Å². The van der Waals surface area contributed by atoms with E-state index in [2.05, 4.69) is 0 Å². The van der Waals surface area contributed by atoms with Gasteiger partial charge in [0.05, 0.1) is 51.8 Å². The van der Waals surface area contributed by atoms with E-state index in [9.17, 15) is 30.0 Å². The van der Waals surface area contributed by atoms with Crippen molar-refractivity contribution in [3.8, 4) is 34.1 Å². The number of aliphatic hydroxyl groups is 4. The number of benzene rings is 4. The molecule has 10 heteroatoms. The Kier molecular flexibility index (Phi) is 9.89. The molecule has 0 bridgehead atoms. The van der Waals surface area contributed by atoms with Crippen LogP contribution in [-0.4, -0.2) is 46.6 Å². The van der Waals surface area contributed by atoms with Crippen molar-refractivity contribution in [3.63, 3.8) is 0 Å². The highest BCUT2D eigenvalue weighted by Gasteiger charge is 2.19. The third-order valence-electron chi connectivity index (χ3n) is 6.62. The largest absolute Gasteiger partial charge is 0.493 e. The second-order valence-electron chi connectivity index (χ2n) is 9.10. The average Bonchev–Trinajstić information content (AvgIpc) is 3.03. The van der Waals surface area contributed by atoms with Crippen LogP contribution in [0.15, 0.2) is 72.8 Å². The van der Waals surface area contributed by atoms with Gasteiger partial charge in [0.1, 0.15) is 11.5 Å². The molecule has 4 N–H and O–H groups in total. The van der Waals surface area contributed by atoms with Crippen LogP contribution in [0.25, 0.3) is 11.1 Å². The molecule has 0 spiro atoms. The maximum absolute atomic E-state index is 12.8. The summed E-state index contributed by atoms with van der Waals surface area (Å²) in [5.74, 6) is -0.108. The highest BCUT2D eigenvalue weighted by atomic mass is 16.5. The van der Waals surface area contributed by atoms with Crippen molar-refractivity contribution in [3.05, 3.63) is 106 Å². The van der Waals surface area contributed by atoms with E-state index in [1.165, 1.54) is 38.5 Å². The summed E-state index contributed by atoms with van der Waals surface area (Å²) in [6.45, 7) is -1.55. The summed E-state index contributed by atoms with van der Waals surface area (Å²) in [7, 11) is 2.90. The molecule has 0 radical (unpaired) electrons. The van der Waals surface area contributed by atoms with E-state index in [1.807, 2.05) is 0 Å². The maximum atomic E-state index is 12.8. The van der Waals surface area contributed by atoms with Gasteiger partial charge in [0.15, 0.2) is 11.5 Å². The van der Waals surface area contributed by atoms with Crippen molar-refractivity contribution in [2.75, 3.05) is 14.2 Å². The maximum Gasteiger partial charge on any atom is 0.344 e. The van der Waals surface area contributed by atoms with Crippen LogP contribution in [0.3, 0.4) is 0 Å². The topological polar surface area (TPSA) is 152 Å². The van der Waals surface area contributed by atoms with Crippen LogP contribution in [0.1, 0.15) is 43.0 Å². The molecule has 42 heavy (non-hydrogen) atoms. The Balaban J connectivity index is 1.46. The van der Waals surface area contributed by atoms with Gasteiger partial charge in [-0.25, -0.2) is 9.59 Å². The molecule has 10 nitrogen and oxygen atoms in total. The highest BCUT2D eigenvalue weighted by molar-refractivity contribution is 5.94. The van der Waals surface area contributed by atoms with E-state index in [1.54, 1.807) is 48.5 Å². The van der Waals surface area contributed by atoms with E-state index < -0.39 is 25.2 Å². The molecule has 0 aliphatic rings. The Morgan fingerprint density at radius 2 is 0.905 bits per heavy atom. The normalized spacial score (nSPS) is 10.7. The van der Waals surface area contributed by atoms with Crippen molar-refractivity contribution >= 4 is 11.9 Å². The first kappa shape index (κ1) is 30.2. The van der Waals surface area contributed by atoms with Crippen LogP contribution in [0.5, 0.6) is 23.0 Å². The zero-order chi connectivity index (χ0) is 30.2. The quantitative estimate of drug-likeness (QED) is 0.154. The van der Waals surface area contributed by atoms with Gasteiger partial charge in [-0.3, -0.25) is 0 Å². The van der Waals surface area contributed by atoms with Crippen molar-refractivity contribution in [2.24, 2.45) is 0 Å². The molecular weight excluding hydrogens is 544 g/mol. The highest BCUT2D eigenvalue weighted by Crippen LogP contribution is 2.32. The molecule has 0 aliphatic carbocycles. The Labute approximate surface area is 241 Å². The molecule has 4 rings (SSSR count). The van der Waals surface area contributed by atoms with Crippen molar-refractivity contribution in [1.29, 1.82) is 0 Å². The number of carbonyl (C=O) groups is 2. The summed E-state index contributed by atoms with van der Waals surface area (Å²) in [5, 5.41) is 38.4. The number of hydrogen-bond acceptors (Lipinski definition) is 10.